The summed E-state index contributed by atoms with van der Waals surface area (Å²) in [6.07, 6.45) is 7.04. The second-order valence-corrected chi connectivity index (χ2v) is 11.4. The van der Waals surface area contributed by atoms with Gasteiger partial charge in [-0.1, -0.05) is 103 Å². The Balaban J connectivity index is 1.04. The van der Waals surface area contributed by atoms with Gasteiger partial charge in [-0.2, -0.15) is 5.26 Å². The zero-order valence-electron chi connectivity index (χ0n) is 23.0. The van der Waals surface area contributed by atoms with E-state index in [4.69, 9.17) is 4.74 Å². The molecule has 2 atom stereocenters. The molecule has 0 saturated carbocycles. The fourth-order valence-electron chi connectivity index (χ4n) is 7.10. The molecule has 202 valence electrons. The highest BCUT2D eigenvalue weighted by Crippen LogP contribution is 2.45. The Hall–Kier alpha value is -4.62. The van der Waals surface area contributed by atoms with Crippen molar-refractivity contribution in [2.75, 3.05) is 6.61 Å². The molecule has 0 aromatic heterocycles. The van der Waals surface area contributed by atoms with Crippen molar-refractivity contribution in [3.05, 3.63) is 131 Å². The molecule has 2 bridgehead atoms. The minimum Gasteiger partial charge on any atom is -0.448 e. The topological polar surface area (TPSA) is 53.3 Å². The lowest BCUT2D eigenvalue weighted by Crippen LogP contribution is -2.52. The molecule has 0 radical (unpaired) electrons. The molecule has 7 rings (SSSR count). The summed E-state index contributed by atoms with van der Waals surface area (Å²) in [4.78, 5) is 15.5. The molecule has 2 unspecified atom stereocenters. The summed E-state index contributed by atoms with van der Waals surface area (Å²) in [5, 5.41) is 9.46. The first kappa shape index (κ1) is 25.4. The van der Waals surface area contributed by atoms with E-state index in [0.717, 1.165) is 43.2 Å². The molecule has 4 heteroatoms. The van der Waals surface area contributed by atoms with Gasteiger partial charge in [-0.25, -0.2) is 4.79 Å². The zero-order chi connectivity index (χ0) is 27.8. The number of hydrogen-bond donors (Lipinski definition) is 0. The van der Waals surface area contributed by atoms with Gasteiger partial charge in [0.15, 0.2) is 0 Å². The quantitative estimate of drug-likeness (QED) is 0.241. The largest absolute Gasteiger partial charge is 0.448 e. The van der Waals surface area contributed by atoms with Gasteiger partial charge in [-0.05, 0) is 77.1 Å². The van der Waals surface area contributed by atoms with E-state index in [0.29, 0.717) is 12.2 Å². The molecule has 1 saturated heterocycles. The van der Waals surface area contributed by atoms with Crippen LogP contribution in [0.4, 0.5) is 4.79 Å². The van der Waals surface area contributed by atoms with Crippen LogP contribution in [0.1, 0.15) is 53.9 Å². The van der Waals surface area contributed by atoms with E-state index < -0.39 is 0 Å². The Morgan fingerprint density at radius 2 is 1.49 bits per heavy atom. The number of amides is 1. The van der Waals surface area contributed by atoms with Crippen LogP contribution < -0.4 is 0 Å². The summed E-state index contributed by atoms with van der Waals surface area (Å²) in [5.74, 6) is 0.0742. The molecule has 4 nitrogen and oxygen atoms in total. The summed E-state index contributed by atoms with van der Waals surface area (Å²) in [6.45, 7) is 0.362. The monoisotopic (exact) mass is 536 g/mol. The molecule has 1 aliphatic carbocycles. The van der Waals surface area contributed by atoms with Crippen molar-refractivity contribution in [2.24, 2.45) is 0 Å². The van der Waals surface area contributed by atoms with Crippen LogP contribution in [-0.4, -0.2) is 29.7 Å². The number of fused-ring (bicyclic) bond motifs is 5. The Bertz CT molecular complexity index is 1630. The van der Waals surface area contributed by atoms with Crippen LogP contribution in [-0.2, 0) is 11.2 Å². The van der Waals surface area contributed by atoms with Gasteiger partial charge < -0.3 is 4.74 Å². The van der Waals surface area contributed by atoms with E-state index in [9.17, 15) is 10.1 Å². The second kappa shape index (κ2) is 10.7. The third-order valence-electron chi connectivity index (χ3n) is 9.00. The smallest absolute Gasteiger partial charge is 0.410 e. The first-order chi connectivity index (χ1) is 20.2. The molecule has 2 aliphatic heterocycles. The molecule has 1 fully saturated rings. The lowest BCUT2D eigenvalue weighted by Gasteiger charge is -2.44. The minimum atomic E-state index is -0.183. The molecule has 0 spiro atoms. The molecule has 4 aromatic carbocycles. The van der Waals surface area contributed by atoms with Crippen molar-refractivity contribution in [3.63, 3.8) is 0 Å². The van der Waals surface area contributed by atoms with Crippen LogP contribution in [0, 0.1) is 11.3 Å². The van der Waals surface area contributed by atoms with Gasteiger partial charge in [0.05, 0.1) is 17.7 Å². The molecular weight excluding hydrogens is 504 g/mol. The van der Waals surface area contributed by atoms with E-state index in [1.165, 1.54) is 33.4 Å². The number of carbonyl (C=O) groups excluding carboxylic acids is 1. The highest BCUT2D eigenvalue weighted by atomic mass is 16.6. The molecule has 41 heavy (non-hydrogen) atoms. The maximum atomic E-state index is 13.5. The average Bonchev–Trinajstić information content (AvgIpc) is 3.33. The standard InChI is InChI=1S/C37H32N2O2/c38-23-28-8-1-2-11-31(28)27-18-16-25(17-19-27)20-26-21-29-9-7-10-30(22-26)39(29)37(40)41-24-36-34-14-5-3-12-32(34)33-13-4-6-15-35(33)36/h1-6,8,11-19,21,29-30,36H,7,9-10,20,22,24H2. The lowest BCUT2D eigenvalue weighted by molar-refractivity contribution is 0.0509. The van der Waals surface area contributed by atoms with Gasteiger partial charge >= 0.3 is 6.09 Å². The molecule has 3 aliphatic rings. The van der Waals surface area contributed by atoms with E-state index in [1.54, 1.807) is 0 Å². The first-order valence-corrected chi connectivity index (χ1v) is 14.6. The van der Waals surface area contributed by atoms with E-state index in [-0.39, 0.29) is 24.1 Å². The predicted molar refractivity (Wildman–Crippen MR) is 161 cm³/mol. The summed E-state index contributed by atoms with van der Waals surface area (Å²) in [5.41, 5.74) is 10.3. The van der Waals surface area contributed by atoms with Gasteiger partial charge in [-0.15, -0.1) is 0 Å². The number of benzene rings is 4. The van der Waals surface area contributed by atoms with Gasteiger partial charge in [0, 0.05) is 12.0 Å². The summed E-state index contributed by atoms with van der Waals surface area (Å²) in [7, 11) is 0. The van der Waals surface area contributed by atoms with Crippen molar-refractivity contribution >= 4 is 6.09 Å². The number of nitrogens with zero attached hydrogens (tertiary/aromatic N) is 2. The first-order valence-electron chi connectivity index (χ1n) is 14.6. The number of rotatable bonds is 5. The minimum absolute atomic E-state index is 0.0742. The van der Waals surface area contributed by atoms with Crippen LogP contribution in [0.3, 0.4) is 0 Å². The second-order valence-electron chi connectivity index (χ2n) is 11.4. The van der Waals surface area contributed by atoms with Crippen molar-refractivity contribution in [2.45, 2.75) is 50.1 Å². The number of piperidine rings is 1. The Morgan fingerprint density at radius 3 is 2.17 bits per heavy atom. The third kappa shape index (κ3) is 4.72. The SMILES string of the molecule is N#Cc1ccccc1-c1ccc(CC2=CC3CCCC(C2)N3C(=O)OCC2c3ccccc3-c3ccccc32)cc1. The molecule has 2 heterocycles. The van der Waals surface area contributed by atoms with Crippen molar-refractivity contribution in [1.29, 1.82) is 5.26 Å². The maximum absolute atomic E-state index is 13.5. The van der Waals surface area contributed by atoms with Crippen molar-refractivity contribution in [3.8, 4) is 28.3 Å². The summed E-state index contributed by atoms with van der Waals surface area (Å²) in [6, 6.07) is 35.8. The number of hydrogen-bond acceptors (Lipinski definition) is 3. The Kier molecular flexibility index (Phi) is 6.65. The van der Waals surface area contributed by atoms with E-state index in [1.807, 2.05) is 29.2 Å². The van der Waals surface area contributed by atoms with Crippen molar-refractivity contribution < 1.29 is 9.53 Å². The van der Waals surface area contributed by atoms with Gasteiger partial charge in [0.1, 0.15) is 6.61 Å². The van der Waals surface area contributed by atoms with Crippen LogP contribution in [0.5, 0.6) is 0 Å². The maximum Gasteiger partial charge on any atom is 0.410 e. The van der Waals surface area contributed by atoms with Crippen LogP contribution in [0.2, 0.25) is 0 Å². The zero-order valence-corrected chi connectivity index (χ0v) is 23.0. The molecule has 0 N–H and O–H groups in total. The van der Waals surface area contributed by atoms with Gasteiger partial charge in [-0.3, -0.25) is 4.90 Å². The summed E-state index contributed by atoms with van der Waals surface area (Å²) < 4.78 is 6.08. The lowest BCUT2D eigenvalue weighted by atomic mass is 9.83. The molecule has 4 aromatic rings. The fraction of sp³-hybridized carbons (Fsp3) is 0.243. The number of nitriles is 1. The highest BCUT2D eigenvalue weighted by molar-refractivity contribution is 5.79. The Morgan fingerprint density at radius 1 is 0.829 bits per heavy atom. The van der Waals surface area contributed by atoms with Crippen molar-refractivity contribution in [1.82, 2.24) is 4.90 Å². The highest BCUT2D eigenvalue weighted by Gasteiger charge is 2.38. The van der Waals surface area contributed by atoms with E-state index >= 15 is 0 Å². The van der Waals surface area contributed by atoms with Crippen LogP contribution in [0.25, 0.3) is 22.3 Å². The number of ether oxygens (including phenoxy) is 1. The van der Waals surface area contributed by atoms with Gasteiger partial charge in [0.25, 0.3) is 0 Å². The van der Waals surface area contributed by atoms with Gasteiger partial charge in [0.2, 0.25) is 0 Å². The van der Waals surface area contributed by atoms with E-state index in [2.05, 4.69) is 84.9 Å². The summed E-state index contributed by atoms with van der Waals surface area (Å²) >= 11 is 0. The van der Waals surface area contributed by atoms with Crippen LogP contribution >= 0.6 is 0 Å². The number of carbonyl (C=O) groups is 1. The molecular formula is C37H32N2O2. The van der Waals surface area contributed by atoms with Crippen LogP contribution in [0.15, 0.2) is 109 Å². The normalized spacial score (nSPS) is 19.1. The Labute approximate surface area is 241 Å². The predicted octanol–water partition coefficient (Wildman–Crippen LogP) is 8.27. The average molecular weight is 537 g/mol. The third-order valence-corrected chi connectivity index (χ3v) is 9.00. The molecule has 1 amide bonds. The fourth-order valence-corrected chi connectivity index (χ4v) is 7.10.